The second kappa shape index (κ2) is 3.01. The average molecular weight is 173 g/mol. The number of aryl methyl sites for hydroxylation is 1. The van der Waals surface area contributed by atoms with E-state index >= 15 is 0 Å². The van der Waals surface area contributed by atoms with Crippen LogP contribution < -0.4 is 0 Å². The second-order valence-electron chi connectivity index (χ2n) is 3.05. The van der Waals surface area contributed by atoms with Gasteiger partial charge in [0.2, 0.25) is 0 Å². The van der Waals surface area contributed by atoms with E-state index in [0.29, 0.717) is 6.54 Å². The van der Waals surface area contributed by atoms with E-state index in [1.54, 1.807) is 0 Å². The molecule has 0 saturated carbocycles. The number of hydrogen-bond acceptors (Lipinski definition) is 2. The minimum absolute atomic E-state index is 0.708. The molecule has 0 spiro atoms. The fourth-order valence-corrected chi connectivity index (χ4v) is 1.34. The lowest BCUT2D eigenvalue weighted by atomic mass is 10.2. The topological polar surface area (TPSA) is 30.7 Å². The molecule has 0 atom stereocenters. The number of aromatic nitrogens is 3. The Labute approximate surface area is 76.7 Å². The Morgan fingerprint density at radius 3 is 3.15 bits per heavy atom. The highest BCUT2D eigenvalue weighted by molar-refractivity contribution is 5.74. The van der Waals surface area contributed by atoms with Gasteiger partial charge < -0.3 is 0 Å². The van der Waals surface area contributed by atoms with E-state index in [-0.39, 0.29) is 0 Å². The van der Waals surface area contributed by atoms with Crippen molar-refractivity contribution in [3.05, 3.63) is 36.4 Å². The van der Waals surface area contributed by atoms with Crippen LogP contribution in [0.2, 0.25) is 0 Å². The lowest BCUT2D eigenvalue weighted by molar-refractivity contribution is 0.683. The van der Waals surface area contributed by atoms with Crippen LogP contribution in [0.5, 0.6) is 0 Å². The molecule has 3 nitrogen and oxygen atoms in total. The third-order valence-electron chi connectivity index (χ3n) is 1.97. The Balaban J connectivity index is 2.61. The first-order valence-corrected chi connectivity index (χ1v) is 4.22. The van der Waals surface area contributed by atoms with Crippen LogP contribution in [0.3, 0.4) is 0 Å². The summed E-state index contributed by atoms with van der Waals surface area (Å²) in [6.45, 7) is 6.43. The zero-order valence-electron chi connectivity index (χ0n) is 7.57. The molecule has 0 N–H and O–H groups in total. The van der Waals surface area contributed by atoms with Gasteiger partial charge in [0.25, 0.3) is 0 Å². The molecule has 2 rings (SSSR count). The van der Waals surface area contributed by atoms with E-state index < -0.39 is 0 Å². The molecule has 66 valence electrons. The molecule has 0 radical (unpaired) electrons. The van der Waals surface area contributed by atoms with Crippen molar-refractivity contribution in [3.63, 3.8) is 0 Å². The number of fused-ring (bicyclic) bond motifs is 1. The fourth-order valence-electron chi connectivity index (χ4n) is 1.34. The molecule has 0 aliphatic heterocycles. The Morgan fingerprint density at radius 2 is 2.38 bits per heavy atom. The second-order valence-corrected chi connectivity index (χ2v) is 3.05. The highest BCUT2D eigenvalue weighted by Gasteiger charge is 2.01. The fraction of sp³-hybridized carbons (Fsp3) is 0.200. The molecule has 0 fully saturated rings. The van der Waals surface area contributed by atoms with Gasteiger partial charge >= 0.3 is 0 Å². The number of rotatable bonds is 2. The van der Waals surface area contributed by atoms with Gasteiger partial charge in [-0.1, -0.05) is 17.4 Å². The highest BCUT2D eigenvalue weighted by Crippen LogP contribution is 2.12. The summed E-state index contributed by atoms with van der Waals surface area (Å²) in [5.74, 6) is 0. The zero-order valence-corrected chi connectivity index (χ0v) is 7.57. The minimum atomic E-state index is 0.708. The lowest BCUT2D eigenvalue weighted by Crippen LogP contribution is -1.96. The molecule has 1 aromatic heterocycles. The molecule has 0 aliphatic carbocycles. The van der Waals surface area contributed by atoms with Gasteiger partial charge in [0.15, 0.2) is 0 Å². The minimum Gasteiger partial charge on any atom is -0.241 e. The van der Waals surface area contributed by atoms with E-state index in [2.05, 4.69) is 23.0 Å². The molecular formula is C10H11N3. The van der Waals surface area contributed by atoms with Crippen molar-refractivity contribution in [2.24, 2.45) is 0 Å². The van der Waals surface area contributed by atoms with Crippen molar-refractivity contribution in [2.45, 2.75) is 13.5 Å². The third-order valence-corrected chi connectivity index (χ3v) is 1.97. The number of benzene rings is 1. The molecule has 3 heteroatoms. The number of nitrogens with zero attached hydrogens (tertiary/aromatic N) is 3. The van der Waals surface area contributed by atoms with Gasteiger partial charge in [0.05, 0.1) is 12.1 Å². The first-order chi connectivity index (χ1) is 6.31. The summed E-state index contributed by atoms with van der Waals surface area (Å²) in [7, 11) is 0. The normalized spacial score (nSPS) is 10.5. The molecule has 2 aromatic rings. The van der Waals surface area contributed by atoms with Crippen molar-refractivity contribution in [1.82, 2.24) is 15.0 Å². The van der Waals surface area contributed by atoms with Crippen LogP contribution in [0.1, 0.15) is 5.56 Å². The predicted molar refractivity (Wildman–Crippen MR) is 52.5 cm³/mol. The SMILES string of the molecule is C=CCn1nnc2cc(C)ccc21. The standard InChI is InChI=1S/C10H11N3/c1-3-6-13-10-5-4-8(2)7-9(10)11-12-13/h3-5,7H,1,6H2,2H3. The summed E-state index contributed by atoms with van der Waals surface area (Å²) in [6, 6.07) is 6.13. The van der Waals surface area contributed by atoms with Gasteiger partial charge in [0, 0.05) is 0 Å². The van der Waals surface area contributed by atoms with Gasteiger partial charge in [-0.05, 0) is 24.6 Å². The molecule has 0 bridgehead atoms. The molecule has 0 aliphatic rings. The van der Waals surface area contributed by atoms with Crippen LogP contribution in [0.15, 0.2) is 30.9 Å². The van der Waals surface area contributed by atoms with Crippen molar-refractivity contribution in [1.29, 1.82) is 0 Å². The molecule has 1 heterocycles. The summed E-state index contributed by atoms with van der Waals surface area (Å²) >= 11 is 0. The predicted octanol–water partition coefficient (Wildman–Crippen LogP) is 1.93. The molecular weight excluding hydrogens is 162 g/mol. The summed E-state index contributed by atoms with van der Waals surface area (Å²) in [6.07, 6.45) is 1.81. The van der Waals surface area contributed by atoms with Gasteiger partial charge in [-0.2, -0.15) is 0 Å². The molecule has 0 unspecified atom stereocenters. The highest BCUT2D eigenvalue weighted by atomic mass is 15.4. The van der Waals surface area contributed by atoms with Crippen LogP contribution in [0, 0.1) is 6.92 Å². The quantitative estimate of drug-likeness (QED) is 0.649. The Hall–Kier alpha value is -1.64. The Bertz CT molecular complexity index is 442. The Kier molecular flexibility index (Phi) is 1.85. The molecule has 0 saturated heterocycles. The smallest absolute Gasteiger partial charge is 0.113 e. The van der Waals surface area contributed by atoms with E-state index in [9.17, 15) is 0 Å². The van der Waals surface area contributed by atoms with Crippen LogP contribution in [0.25, 0.3) is 11.0 Å². The summed E-state index contributed by atoms with van der Waals surface area (Å²) in [4.78, 5) is 0. The van der Waals surface area contributed by atoms with Crippen molar-refractivity contribution >= 4 is 11.0 Å². The largest absolute Gasteiger partial charge is 0.241 e. The maximum atomic E-state index is 4.06. The van der Waals surface area contributed by atoms with Crippen LogP contribution in [-0.2, 0) is 6.54 Å². The van der Waals surface area contributed by atoms with Gasteiger partial charge in [-0.25, -0.2) is 4.68 Å². The van der Waals surface area contributed by atoms with E-state index in [1.165, 1.54) is 5.56 Å². The van der Waals surface area contributed by atoms with Crippen molar-refractivity contribution < 1.29 is 0 Å². The van der Waals surface area contributed by atoms with Crippen LogP contribution in [-0.4, -0.2) is 15.0 Å². The lowest BCUT2D eigenvalue weighted by Gasteiger charge is -1.96. The maximum absolute atomic E-state index is 4.06. The third kappa shape index (κ3) is 1.33. The van der Waals surface area contributed by atoms with E-state index in [4.69, 9.17) is 0 Å². The first kappa shape index (κ1) is 7.98. The number of allylic oxidation sites excluding steroid dienone is 1. The van der Waals surface area contributed by atoms with E-state index in [0.717, 1.165) is 11.0 Å². The molecule has 1 aromatic carbocycles. The van der Waals surface area contributed by atoms with Crippen molar-refractivity contribution in [3.8, 4) is 0 Å². The number of hydrogen-bond donors (Lipinski definition) is 0. The summed E-state index contributed by atoms with van der Waals surface area (Å²) in [5, 5.41) is 8.08. The summed E-state index contributed by atoms with van der Waals surface area (Å²) in [5.41, 5.74) is 3.21. The van der Waals surface area contributed by atoms with E-state index in [1.807, 2.05) is 29.8 Å². The Morgan fingerprint density at radius 1 is 1.54 bits per heavy atom. The van der Waals surface area contributed by atoms with Gasteiger partial charge in [0.1, 0.15) is 5.52 Å². The van der Waals surface area contributed by atoms with Crippen LogP contribution in [0.4, 0.5) is 0 Å². The molecule has 0 amide bonds. The van der Waals surface area contributed by atoms with Crippen LogP contribution >= 0.6 is 0 Å². The van der Waals surface area contributed by atoms with Gasteiger partial charge in [-0.15, -0.1) is 11.7 Å². The van der Waals surface area contributed by atoms with Crippen molar-refractivity contribution in [2.75, 3.05) is 0 Å². The maximum Gasteiger partial charge on any atom is 0.113 e. The first-order valence-electron chi connectivity index (χ1n) is 4.22. The monoisotopic (exact) mass is 173 g/mol. The summed E-state index contributed by atoms with van der Waals surface area (Å²) < 4.78 is 1.84. The van der Waals surface area contributed by atoms with Gasteiger partial charge in [-0.3, -0.25) is 0 Å². The zero-order chi connectivity index (χ0) is 9.26. The average Bonchev–Trinajstić information content (AvgIpc) is 2.49. The molecule has 13 heavy (non-hydrogen) atoms.